The second-order valence-electron chi connectivity index (χ2n) is 7.70. The van der Waals surface area contributed by atoms with Gasteiger partial charge in [-0.25, -0.2) is 9.79 Å². The summed E-state index contributed by atoms with van der Waals surface area (Å²) in [4.78, 5) is 30.5. The highest BCUT2D eigenvalue weighted by atomic mass is 16.6. The van der Waals surface area contributed by atoms with Gasteiger partial charge in [-0.15, -0.1) is 0 Å². The number of carbonyl (C=O) groups is 2. The highest BCUT2D eigenvalue weighted by Crippen LogP contribution is 2.39. The van der Waals surface area contributed by atoms with Crippen molar-refractivity contribution >= 4 is 23.7 Å². The van der Waals surface area contributed by atoms with E-state index in [2.05, 4.69) is 4.99 Å². The van der Waals surface area contributed by atoms with Crippen LogP contribution in [0, 0.1) is 0 Å². The first-order valence-electron chi connectivity index (χ1n) is 10.2. The maximum Gasteiger partial charge on any atom is 0.341 e. The van der Waals surface area contributed by atoms with Crippen LogP contribution in [0.3, 0.4) is 0 Å². The highest BCUT2D eigenvalue weighted by molar-refractivity contribution is 6.08. The molecule has 154 valence electrons. The number of ether oxygens (including phenoxy) is 1. The third-order valence-electron chi connectivity index (χ3n) is 5.50. The van der Waals surface area contributed by atoms with Gasteiger partial charge in [-0.3, -0.25) is 4.79 Å². The largest absolute Gasteiger partial charge is 0.405 e. The molecule has 0 radical (unpaired) electrons. The number of allylic oxidation sites excluding steroid dienone is 1. The smallest absolute Gasteiger partial charge is 0.341 e. The van der Waals surface area contributed by atoms with Crippen LogP contribution in [0.25, 0.3) is 6.08 Å². The lowest BCUT2D eigenvalue weighted by Gasteiger charge is -2.27. The van der Waals surface area contributed by atoms with Gasteiger partial charge in [0.15, 0.2) is 11.3 Å². The van der Waals surface area contributed by atoms with Gasteiger partial charge in [-0.05, 0) is 36.3 Å². The molecule has 2 atom stereocenters. The van der Waals surface area contributed by atoms with Crippen LogP contribution in [0.15, 0.2) is 102 Å². The van der Waals surface area contributed by atoms with Gasteiger partial charge < -0.3 is 4.74 Å². The summed E-state index contributed by atoms with van der Waals surface area (Å²) in [6.45, 7) is 1.75. The molecule has 0 amide bonds. The standard InChI is InChI=1S/C27H23NO3/c1-27(26(30)31-25(28-27)22-15-9-4-10-16-22)24(21-13-7-3-8-14-21)19-23(29)18-17-20-11-5-2-6-12-20/h2-18,24H,19H2,1H3/b18-17+. The maximum absolute atomic E-state index is 13.0. The van der Waals surface area contributed by atoms with Crippen LogP contribution in [0.4, 0.5) is 0 Å². The van der Waals surface area contributed by atoms with E-state index in [1.54, 1.807) is 19.1 Å². The normalized spacial score (nSPS) is 19.1. The molecule has 0 fully saturated rings. The minimum Gasteiger partial charge on any atom is -0.405 e. The number of ketones is 1. The molecular weight excluding hydrogens is 386 g/mol. The number of rotatable bonds is 7. The lowest BCUT2D eigenvalue weighted by atomic mass is 9.78. The van der Waals surface area contributed by atoms with Crippen LogP contribution in [-0.4, -0.2) is 23.2 Å². The monoisotopic (exact) mass is 409 g/mol. The summed E-state index contributed by atoms with van der Waals surface area (Å²) >= 11 is 0. The Morgan fingerprint density at radius 2 is 1.52 bits per heavy atom. The molecule has 0 aliphatic carbocycles. The van der Waals surface area contributed by atoms with Gasteiger partial charge in [0, 0.05) is 17.9 Å². The van der Waals surface area contributed by atoms with Crippen molar-refractivity contribution in [1.82, 2.24) is 0 Å². The van der Waals surface area contributed by atoms with E-state index in [-0.39, 0.29) is 12.2 Å². The second kappa shape index (κ2) is 8.92. The number of carbonyl (C=O) groups excluding carboxylic acids is 2. The van der Waals surface area contributed by atoms with Crippen LogP contribution >= 0.6 is 0 Å². The van der Waals surface area contributed by atoms with Crippen LogP contribution in [0.2, 0.25) is 0 Å². The van der Waals surface area contributed by atoms with Crippen molar-refractivity contribution in [3.8, 4) is 0 Å². The molecule has 4 nitrogen and oxygen atoms in total. The predicted octanol–water partition coefficient (Wildman–Crippen LogP) is 5.21. The highest BCUT2D eigenvalue weighted by Gasteiger charge is 2.49. The molecule has 4 rings (SSSR count). The number of cyclic esters (lactones) is 1. The van der Waals surface area contributed by atoms with Crippen molar-refractivity contribution in [3.63, 3.8) is 0 Å². The van der Waals surface area contributed by atoms with Crippen molar-refractivity contribution in [1.29, 1.82) is 0 Å². The van der Waals surface area contributed by atoms with Gasteiger partial charge in [-0.1, -0.05) is 84.9 Å². The van der Waals surface area contributed by atoms with Crippen LogP contribution in [-0.2, 0) is 14.3 Å². The lowest BCUT2D eigenvalue weighted by Crippen LogP contribution is -2.38. The van der Waals surface area contributed by atoms with Gasteiger partial charge in [0.2, 0.25) is 5.90 Å². The van der Waals surface area contributed by atoms with E-state index in [4.69, 9.17) is 4.74 Å². The fraction of sp³-hybridized carbons (Fsp3) is 0.148. The van der Waals surface area contributed by atoms with Gasteiger partial charge in [-0.2, -0.15) is 0 Å². The van der Waals surface area contributed by atoms with E-state index >= 15 is 0 Å². The number of esters is 1. The molecule has 1 aliphatic rings. The molecule has 0 bridgehead atoms. The summed E-state index contributed by atoms with van der Waals surface area (Å²) in [5.74, 6) is -0.674. The summed E-state index contributed by atoms with van der Waals surface area (Å²) in [5.41, 5.74) is 1.37. The van der Waals surface area contributed by atoms with E-state index in [1.165, 1.54) is 0 Å². The molecule has 0 N–H and O–H groups in total. The summed E-state index contributed by atoms with van der Waals surface area (Å²) < 4.78 is 5.56. The molecule has 1 aliphatic heterocycles. The van der Waals surface area contributed by atoms with Crippen LogP contribution < -0.4 is 0 Å². The Kier molecular flexibility index (Phi) is 5.89. The average molecular weight is 409 g/mol. The van der Waals surface area contributed by atoms with Crippen molar-refractivity contribution in [2.45, 2.75) is 24.8 Å². The van der Waals surface area contributed by atoms with Gasteiger partial charge >= 0.3 is 5.97 Å². The molecule has 1 heterocycles. The quantitative estimate of drug-likeness (QED) is 0.398. The third kappa shape index (κ3) is 4.53. The second-order valence-corrected chi connectivity index (χ2v) is 7.70. The Balaban J connectivity index is 1.65. The number of hydrogen-bond donors (Lipinski definition) is 0. The zero-order valence-electron chi connectivity index (χ0n) is 17.3. The first-order chi connectivity index (χ1) is 15.1. The molecule has 0 spiro atoms. The summed E-state index contributed by atoms with van der Waals surface area (Å²) in [6.07, 6.45) is 3.50. The molecule has 0 aromatic heterocycles. The molecular formula is C27H23NO3. The Hall–Kier alpha value is -3.79. The SMILES string of the molecule is CC1(C(CC(=O)/C=C/c2ccccc2)c2ccccc2)N=C(c2ccccc2)OC1=O. The van der Waals surface area contributed by atoms with Crippen molar-refractivity contribution in [2.75, 3.05) is 0 Å². The molecule has 2 unspecified atom stereocenters. The number of benzene rings is 3. The van der Waals surface area contributed by atoms with Gasteiger partial charge in [0.25, 0.3) is 0 Å². The topological polar surface area (TPSA) is 55.7 Å². The van der Waals surface area contributed by atoms with E-state index < -0.39 is 17.4 Å². The lowest BCUT2D eigenvalue weighted by molar-refractivity contribution is -0.139. The molecule has 4 heteroatoms. The van der Waals surface area contributed by atoms with E-state index in [0.29, 0.717) is 5.90 Å². The number of nitrogens with zero attached hydrogens (tertiary/aromatic N) is 1. The summed E-state index contributed by atoms with van der Waals surface area (Å²) in [6, 6.07) is 28.5. The molecule has 3 aromatic carbocycles. The van der Waals surface area contributed by atoms with Crippen LogP contribution in [0.5, 0.6) is 0 Å². The third-order valence-corrected chi connectivity index (χ3v) is 5.50. The Bertz CT molecular complexity index is 1120. The average Bonchev–Trinajstić information content (AvgIpc) is 3.13. The first kappa shape index (κ1) is 20.5. The summed E-state index contributed by atoms with van der Waals surface area (Å²) in [7, 11) is 0. The maximum atomic E-state index is 13.0. The minimum atomic E-state index is -1.19. The van der Waals surface area contributed by atoms with Crippen molar-refractivity contribution in [3.05, 3.63) is 114 Å². The van der Waals surface area contributed by atoms with Crippen molar-refractivity contribution in [2.24, 2.45) is 4.99 Å². The Morgan fingerprint density at radius 3 is 2.16 bits per heavy atom. The fourth-order valence-corrected chi connectivity index (χ4v) is 3.74. The van der Waals surface area contributed by atoms with Crippen molar-refractivity contribution < 1.29 is 14.3 Å². The fourth-order valence-electron chi connectivity index (χ4n) is 3.74. The zero-order chi connectivity index (χ0) is 21.7. The molecule has 3 aromatic rings. The van der Waals surface area contributed by atoms with Gasteiger partial charge in [0.1, 0.15) is 0 Å². The van der Waals surface area contributed by atoms with E-state index in [0.717, 1.165) is 16.7 Å². The molecule has 31 heavy (non-hydrogen) atoms. The number of aliphatic imine (C=N–C) groups is 1. The Labute approximate surface area is 181 Å². The summed E-state index contributed by atoms with van der Waals surface area (Å²) in [5, 5.41) is 0. The Morgan fingerprint density at radius 1 is 0.935 bits per heavy atom. The molecule has 0 saturated heterocycles. The van der Waals surface area contributed by atoms with E-state index in [9.17, 15) is 9.59 Å². The van der Waals surface area contributed by atoms with Crippen LogP contribution in [0.1, 0.15) is 36.0 Å². The predicted molar refractivity (Wildman–Crippen MR) is 122 cm³/mol. The first-order valence-corrected chi connectivity index (χ1v) is 10.2. The van der Waals surface area contributed by atoms with Gasteiger partial charge in [0.05, 0.1) is 0 Å². The number of hydrogen-bond acceptors (Lipinski definition) is 4. The van der Waals surface area contributed by atoms with E-state index in [1.807, 2.05) is 91.0 Å². The zero-order valence-corrected chi connectivity index (χ0v) is 17.3. The minimum absolute atomic E-state index is 0.0740. The molecule has 0 saturated carbocycles.